The van der Waals surface area contributed by atoms with Gasteiger partial charge in [0, 0.05) is 24.2 Å². The zero-order valence-corrected chi connectivity index (χ0v) is 19.7. The topological polar surface area (TPSA) is 98.7 Å². The predicted molar refractivity (Wildman–Crippen MR) is 139 cm³/mol. The molecule has 0 aliphatic rings. The van der Waals surface area contributed by atoms with Gasteiger partial charge in [0.05, 0.1) is 40.8 Å². The highest BCUT2D eigenvalue weighted by Gasteiger charge is 2.23. The smallest absolute Gasteiger partial charge is 0.252 e. The lowest BCUT2D eigenvalue weighted by atomic mass is 10.0. The monoisotopic (exact) mass is 486 g/mol. The van der Waals surface area contributed by atoms with E-state index in [1.165, 1.54) is 0 Å². The molecule has 8 nitrogen and oxygen atoms in total. The highest BCUT2D eigenvalue weighted by atomic mass is 16.3. The lowest BCUT2D eigenvalue weighted by molar-refractivity contribution is 0.0944. The first-order chi connectivity index (χ1) is 18.3. The van der Waals surface area contributed by atoms with Crippen molar-refractivity contribution in [1.29, 1.82) is 0 Å². The molecule has 1 amide bonds. The number of nitrogens with one attached hydrogen (secondary N) is 1. The predicted octanol–water partition coefficient (Wildman–Crippen LogP) is 5.05. The number of hydrogen-bond donors (Lipinski definition) is 1. The fourth-order valence-corrected chi connectivity index (χ4v) is 4.29. The molecule has 5 heterocycles. The van der Waals surface area contributed by atoms with Gasteiger partial charge in [0.15, 0.2) is 5.65 Å². The van der Waals surface area contributed by atoms with Crippen molar-refractivity contribution in [1.82, 2.24) is 30.0 Å². The fourth-order valence-electron chi connectivity index (χ4n) is 4.29. The Bertz CT molecular complexity index is 1590. The first-order valence-electron chi connectivity index (χ1n) is 11.8. The van der Waals surface area contributed by atoms with Gasteiger partial charge in [-0.2, -0.15) is 5.10 Å². The summed E-state index contributed by atoms with van der Waals surface area (Å²) >= 11 is 0. The molecule has 1 aromatic carbocycles. The second kappa shape index (κ2) is 9.87. The summed E-state index contributed by atoms with van der Waals surface area (Å²) in [7, 11) is 0. The minimum atomic E-state index is -0.432. The number of carbonyl (C=O) groups is 1. The molecule has 0 saturated carbocycles. The number of fused-ring (bicyclic) bond motifs is 1. The molecule has 0 aliphatic heterocycles. The zero-order valence-electron chi connectivity index (χ0n) is 19.7. The lowest BCUT2D eigenvalue weighted by Crippen LogP contribution is -2.30. The molecular formula is C29H22N6O2. The standard InChI is InChI=1S/C29H22N6O2/c36-29(34-27(20-8-2-1-3-9-20)25-12-4-5-14-31-25)23-16-26(21-10-6-13-30-17-21)33-28-24(23)18-32-35(28)19-22-11-7-15-37-22/h1-18,27H,19H2,(H,34,36). The van der Waals surface area contributed by atoms with E-state index in [9.17, 15) is 4.79 Å². The van der Waals surface area contributed by atoms with E-state index in [1.54, 1.807) is 41.8 Å². The van der Waals surface area contributed by atoms with E-state index in [1.807, 2.05) is 72.8 Å². The maximum Gasteiger partial charge on any atom is 0.252 e. The van der Waals surface area contributed by atoms with Crippen molar-refractivity contribution >= 4 is 16.9 Å². The third-order valence-corrected chi connectivity index (χ3v) is 6.09. The van der Waals surface area contributed by atoms with E-state index >= 15 is 0 Å². The molecule has 8 heteroatoms. The van der Waals surface area contributed by atoms with E-state index in [-0.39, 0.29) is 5.91 Å². The van der Waals surface area contributed by atoms with E-state index in [2.05, 4.69) is 20.4 Å². The maximum atomic E-state index is 13.9. The van der Waals surface area contributed by atoms with Gasteiger partial charge < -0.3 is 9.73 Å². The number of furan rings is 1. The Kier molecular flexibility index (Phi) is 5.96. The summed E-state index contributed by atoms with van der Waals surface area (Å²) < 4.78 is 7.25. The minimum Gasteiger partial charge on any atom is -0.467 e. The molecule has 1 atom stereocenters. The summed E-state index contributed by atoms with van der Waals surface area (Å²) in [6.45, 7) is 0.391. The number of hydrogen-bond acceptors (Lipinski definition) is 6. The zero-order chi connectivity index (χ0) is 25.0. The van der Waals surface area contributed by atoms with Crippen LogP contribution in [0.15, 0.2) is 114 Å². The summed E-state index contributed by atoms with van der Waals surface area (Å²) in [6, 6.07) is 24.3. The summed E-state index contributed by atoms with van der Waals surface area (Å²) in [5.41, 5.74) is 4.15. The molecule has 0 saturated heterocycles. The van der Waals surface area contributed by atoms with Crippen LogP contribution in [0, 0.1) is 0 Å². The highest BCUT2D eigenvalue weighted by Crippen LogP contribution is 2.27. The van der Waals surface area contributed by atoms with Crippen molar-refractivity contribution in [2.75, 3.05) is 0 Å². The first-order valence-corrected chi connectivity index (χ1v) is 11.8. The Morgan fingerprint density at radius 2 is 1.84 bits per heavy atom. The van der Waals surface area contributed by atoms with E-state index in [0.717, 1.165) is 22.6 Å². The van der Waals surface area contributed by atoms with Crippen LogP contribution in [-0.4, -0.2) is 30.6 Å². The SMILES string of the molecule is O=C(NC(c1ccccc1)c1ccccn1)c1cc(-c2cccnc2)nc2c1cnn2Cc1ccco1. The van der Waals surface area contributed by atoms with Gasteiger partial charge in [-0.05, 0) is 48.0 Å². The van der Waals surface area contributed by atoms with Crippen LogP contribution in [0.2, 0.25) is 0 Å². The molecule has 0 fully saturated rings. The van der Waals surface area contributed by atoms with Gasteiger partial charge in [-0.15, -0.1) is 0 Å². The first kappa shape index (κ1) is 22.4. The van der Waals surface area contributed by atoms with Gasteiger partial charge in [0.25, 0.3) is 5.91 Å². The van der Waals surface area contributed by atoms with Crippen molar-refractivity contribution in [3.8, 4) is 11.3 Å². The Morgan fingerprint density at radius 3 is 2.59 bits per heavy atom. The van der Waals surface area contributed by atoms with Crippen LogP contribution in [-0.2, 0) is 6.54 Å². The maximum absolute atomic E-state index is 13.9. The summed E-state index contributed by atoms with van der Waals surface area (Å²) in [4.78, 5) is 27.5. The third kappa shape index (κ3) is 4.60. The fraction of sp³-hybridized carbons (Fsp3) is 0.0690. The third-order valence-electron chi connectivity index (χ3n) is 6.09. The van der Waals surface area contributed by atoms with Gasteiger partial charge >= 0.3 is 0 Å². The van der Waals surface area contributed by atoms with Crippen molar-refractivity contribution in [2.24, 2.45) is 0 Å². The Labute approximate surface area is 212 Å². The second-order valence-corrected chi connectivity index (χ2v) is 8.49. The number of carbonyl (C=O) groups excluding carboxylic acids is 1. The van der Waals surface area contributed by atoms with Crippen LogP contribution in [0.3, 0.4) is 0 Å². The van der Waals surface area contributed by atoms with Crippen LogP contribution in [0.25, 0.3) is 22.3 Å². The van der Waals surface area contributed by atoms with Crippen molar-refractivity contribution in [2.45, 2.75) is 12.6 Å². The highest BCUT2D eigenvalue weighted by molar-refractivity contribution is 6.06. The van der Waals surface area contributed by atoms with Crippen LogP contribution in [0.1, 0.15) is 33.4 Å². The molecule has 1 N–H and O–H groups in total. The van der Waals surface area contributed by atoms with Crippen LogP contribution >= 0.6 is 0 Å². The van der Waals surface area contributed by atoms with E-state index in [0.29, 0.717) is 28.8 Å². The van der Waals surface area contributed by atoms with E-state index in [4.69, 9.17) is 9.40 Å². The van der Waals surface area contributed by atoms with Gasteiger partial charge in [0.1, 0.15) is 12.3 Å². The Balaban J connectivity index is 1.45. The molecule has 0 radical (unpaired) electrons. The quantitative estimate of drug-likeness (QED) is 0.339. The Morgan fingerprint density at radius 1 is 0.946 bits per heavy atom. The molecule has 5 aromatic heterocycles. The number of rotatable bonds is 7. The molecule has 0 bridgehead atoms. The number of nitrogens with zero attached hydrogens (tertiary/aromatic N) is 5. The summed E-state index contributed by atoms with van der Waals surface area (Å²) in [5.74, 6) is 0.485. The van der Waals surface area contributed by atoms with Crippen molar-refractivity contribution in [3.05, 3.63) is 132 Å². The van der Waals surface area contributed by atoms with Gasteiger partial charge in [-0.3, -0.25) is 14.8 Å². The van der Waals surface area contributed by atoms with Crippen LogP contribution < -0.4 is 5.32 Å². The summed E-state index contributed by atoms with van der Waals surface area (Å²) in [6.07, 6.45) is 8.44. The van der Waals surface area contributed by atoms with Crippen LogP contribution in [0.5, 0.6) is 0 Å². The number of aromatic nitrogens is 5. The molecule has 0 aliphatic carbocycles. The average molecular weight is 487 g/mol. The molecular weight excluding hydrogens is 464 g/mol. The lowest BCUT2D eigenvalue weighted by Gasteiger charge is -2.19. The van der Waals surface area contributed by atoms with Gasteiger partial charge in [-0.1, -0.05) is 36.4 Å². The van der Waals surface area contributed by atoms with E-state index < -0.39 is 6.04 Å². The normalized spacial score (nSPS) is 11.9. The molecule has 6 aromatic rings. The largest absolute Gasteiger partial charge is 0.467 e. The van der Waals surface area contributed by atoms with Crippen molar-refractivity contribution < 1.29 is 9.21 Å². The van der Waals surface area contributed by atoms with Crippen LogP contribution in [0.4, 0.5) is 0 Å². The summed E-state index contributed by atoms with van der Waals surface area (Å²) in [5, 5.41) is 8.36. The number of amides is 1. The minimum absolute atomic E-state index is 0.255. The molecule has 180 valence electrons. The average Bonchev–Trinajstić information content (AvgIpc) is 3.63. The van der Waals surface area contributed by atoms with Gasteiger partial charge in [-0.25, -0.2) is 9.67 Å². The van der Waals surface area contributed by atoms with Crippen molar-refractivity contribution in [3.63, 3.8) is 0 Å². The second-order valence-electron chi connectivity index (χ2n) is 8.49. The number of benzene rings is 1. The number of pyridine rings is 3. The molecule has 37 heavy (non-hydrogen) atoms. The molecule has 6 rings (SSSR count). The Hall–Kier alpha value is -5.11. The van der Waals surface area contributed by atoms with Gasteiger partial charge in [0.2, 0.25) is 0 Å². The molecule has 0 spiro atoms. The molecule has 1 unspecified atom stereocenters.